The molecule has 0 heterocycles. The highest BCUT2D eigenvalue weighted by molar-refractivity contribution is 4.51. The number of ether oxygens (including phenoxy) is 2. The molecule has 1 unspecified atom stereocenters. The molecule has 0 aromatic heterocycles. The van der Waals surface area contributed by atoms with E-state index in [9.17, 15) is 5.11 Å². The van der Waals surface area contributed by atoms with E-state index >= 15 is 0 Å². The first-order chi connectivity index (χ1) is 11.5. The molecule has 1 N–H and O–H groups in total. The molecular formula is C20H44NO3+. The van der Waals surface area contributed by atoms with E-state index in [1.54, 1.807) is 0 Å². The standard InChI is InChI=1S/C20H44NO3/c1-5-6-7-8-9-10-11-12-13-14-15-23-16-17-24-19-20(22)18-21(2,3)4/h20,22H,5-19H2,1-4H3/q+1. The van der Waals surface area contributed by atoms with Crippen LogP contribution in [0, 0.1) is 0 Å². The van der Waals surface area contributed by atoms with Crippen LogP contribution in [0.25, 0.3) is 0 Å². The monoisotopic (exact) mass is 346 g/mol. The van der Waals surface area contributed by atoms with Gasteiger partial charge in [-0.15, -0.1) is 0 Å². The Labute approximate surface area is 151 Å². The van der Waals surface area contributed by atoms with Crippen LogP contribution in [0.3, 0.4) is 0 Å². The molecule has 4 heteroatoms. The Kier molecular flexibility index (Phi) is 16.2. The average molecular weight is 347 g/mol. The quantitative estimate of drug-likeness (QED) is 0.301. The second-order valence-corrected chi connectivity index (χ2v) is 8.00. The summed E-state index contributed by atoms with van der Waals surface area (Å²) in [5.74, 6) is 0. The number of hydrogen-bond acceptors (Lipinski definition) is 3. The maximum atomic E-state index is 9.81. The topological polar surface area (TPSA) is 38.7 Å². The Hall–Kier alpha value is -0.160. The number of aliphatic hydroxyl groups excluding tert-OH is 1. The number of likely N-dealkylation sites (N-methyl/N-ethyl adjacent to an activating group) is 1. The van der Waals surface area contributed by atoms with E-state index in [0.717, 1.165) is 17.5 Å². The molecule has 146 valence electrons. The average Bonchev–Trinajstić information content (AvgIpc) is 2.49. The summed E-state index contributed by atoms with van der Waals surface area (Å²) in [5, 5.41) is 9.81. The molecule has 0 aliphatic heterocycles. The minimum absolute atomic E-state index is 0.396. The normalized spacial score (nSPS) is 13.4. The molecular weight excluding hydrogens is 302 g/mol. The van der Waals surface area contributed by atoms with Crippen molar-refractivity contribution in [3.8, 4) is 0 Å². The molecule has 0 aliphatic carbocycles. The maximum Gasteiger partial charge on any atom is 0.126 e. The van der Waals surface area contributed by atoms with E-state index in [-0.39, 0.29) is 0 Å². The lowest BCUT2D eigenvalue weighted by Crippen LogP contribution is -2.43. The molecule has 0 rings (SSSR count). The number of rotatable bonds is 18. The van der Waals surface area contributed by atoms with Gasteiger partial charge in [-0.05, 0) is 6.42 Å². The number of nitrogens with zero attached hydrogens (tertiary/aromatic N) is 1. The molecule has 0 aromatic rings. The van der Waals surface area contributed by atoms with Crippen LogP contribution >= 0.6 is 0 Å². The molecule has 0 saturated carbocycles. The fraction of sp³-hybridized carbons (Fsp3) is 1.00. The molecule has 1 atom stereocenters. The molecule has 0 amide bonds. The molecule has 24 heavy (non-hydrogen) atoms. The summed E-state index contributed by atoms with van der Waals surface area (Å²) in [6, 6.07) is 0. The fourth-order valence-electron chi connectivity index (χ4n) is 2.82. The van der Waals surface area contributed by atoms with Crippen molar-refractivity contribution in [3.05, 3.63) is 0 Å². The van der Waals surface area contributed by atoms with Gasteiger partial charge in [0.15, 0.2) is 0 Å². The van der Waals surface area contributed by atoms with E-state index in [4.69, 9.17) is 9.47 Å². The van der Waals surface area contributed by atoms with Gasteiger partial charge in [0, 0.05) is 6.61 Å². The van der Waals surface area contributed by atoms with Gasteiger partial charge in [0.25, 0.3) is 0 Å². The van der Waals surface area contributed by atoms with Gasteiger partial charge < -0.3 is 19.1 Å². The third-order valence-corrected chi connectivity index (χ3v) is 4.08. The smallest absolute Gasteiger partial charge is 0.126 e. The van der Waals surface area contributed by atoms with Crippen LogP contribution in [0.5, 0.6) is 0 Å². The molecule has 0 radical (unpaired) electrons. The lowest BCUT2D eigenvalue weighted by Gasteiger charge is -2.26. The lowest BCUT2D eigenvalue weighted by molar-refractivity contribution is -0.873. The summed E-state index contributed by atoms with van der Waals surface area (Å²) in [5.41, 5.74) is 0. The number of hydrogen-bond donors (Lipinski definition) is 1. The van der Waals surface area contributed by atoms with Crippen LogP contribution < -0.4 is 0 Å². The minimum atomic E-state index is -0.396. The van der Waals surface area contributed by atoms with E-state index in [1.165, 1.54) is 57.8 Å². The van der Waals surface area contributed by atoms with Crippen molar-refractivity contribution >= 4 is 0 Å². The summed E-state index contributed by atoms with van der Waals surface area (Å²) >= 11 is 0. The van der Waals surface area contributed by atoms with Crippen molar-refractivity contribution in [2.75, 3.05) is 54.1 Å². The van der Waals surface area contributed by atoms with Crippen molar-refractivity contribution in [3.63, 3.8) is 0 Å². The van der Waals surface area contributed by atoms with Crippen LogP contribution in [0.15, 0.2) is 0 Å². The summed E-state index contributed by atoms with van der Waals surface area (Å²) in [7, 11) is 6.20. The molecule has 0 fully saturated rings. The van der Waals surface area contributed by atoms with Crippen molar-refractivity contribution in [1.29, 1.82) is 0 Å². The zero-order chi connectivity index (χ0) is 18.1. The lowest BCUT2D eigenvalue weighted by atomic mass is 10.1. The molecule has 4 nitrogen and oxygen atoms in total. The first-order valence-electron chi connectivity index (χ1n) is 10.1. The van der Waals surface area contributed by atoms with Crippen LogP contribution in [-0.2, 0) is 9.47 Å². The number of aliphatic hydroxyl groups is 1. The summed E-state index contributed by atoms with van der Waals surface area (Å²) in [6.45, 7) is 5.42. The van der Waals surface area contributed by atoms with Gasteiger partial charge in [-0.1, -0.05) is 64.7 Å². The van der Waals surface area contributed by atoms with Crippen molar-refractivity contribution in [2.24, 2.45) is 0 Å². The van der Waals surface area contributed by atoms with Gasteiger partial charge in [-0.3, -0.25) is 0 Å². The zero-order valence-electron chi connectivity index (χ0n) is 16.9. The van der Waals surface area contributed by atoms with Gasteiger partial charge in [-0.2, -0.15) is 0 Å². The molecule has 0 aromatic carbocycles. The highest BCUT2D eigenvalue weighted by Crippen LogP contribution is 2.10. The van der Waals surface area contributed by atoms with Crippen LogP contribution in [0.1, 0.15) is 71.1 Å². The fourth-order valence-corrected chi connectivity index (χ4v) is 2.82. The molecule has 0 aliphatic rings. The van der Waals surface area contributed by atoms with E-state index in [2.05, 4.69) is 28.1 Å². The molecule has 0 spiro atoms. The van der Waals surface area contributed by atoms with Crippen LogP contribution in [0.2, 0.25) is 0 Å². The van der Waals surface area contributed by atoms with E-state index in [1.807, 2.05) is 0 Å². The SMILES string of the molecule is CCCCCCCCCCCCOCCOCC(O)C[N+](C)(C)C. The number of unbranched alkanes of at least 4 members (excludes halogenated alkanes) is 9. The highest BCUT2D eigenvalue weighted by atomic mass is 16.5. The first kappa shape index (κ1) is 23.8. The van der Waals surface area contributed by atoms with E-state index in [0.29, 0.717) is 26.4 Å². The van der Waals surface area contributed by atoms with Crippen molar-refractivity contribution < 1.29 is 19.1 Å². The van der Waals surface area contributed by atoms with Crippen molar-refractivity contribution in [2.45, 2.75) is 77.2 Å². The summed E-state index contributed by atoms with van der Waals surface area (Å²) in [4.78, 5) is 0. The summed E-state index contributed by atoms with van der Waals surface area (Å²) in [6.07, 6.45) is 13.1. The van der Waals surface area contributed by atoms with Crippen LogP contribution in [-0.4, -0.2) is 69.8 Å². The minimum Gasteiger partial charge on any atom is -0.385 e. The third kappa shape index (κ3) is 19.9. The van der Waals surface area contributed by atoms with Gasteiger partial charge in [0.2, 0.25) is 0 Å². The predicted octanol–water partition coefficient (Wildman–Crippen LogP) is 4.01. The van der Waals surface area contributed by atoms with Crippen molar-refractivity contribution in [1.82, 2.24) is 0 Å². The second kappa shape index (κ2) is 16.3. The van der Waals surface area contributed by atoms with E-state index < -0.39 is 6.10 Å². The van der Waals surface area contributed by atoms with Gasteiger partial charge in [0.1, 0.15) is 12.6 Å². The number of quaternary nitrogens is 1. The zero-order valence-corrected chi connectivity index (χ0v) is 16.9. The maximum absolute atomic E-state index is 9.81. The Balaban J connectivity index is 3.13. The first-order valence-corrected chi connectivity index (χ1v) is 10.1. The summed E-state index contributed by atoms with van der Waals surface area (Å²) < 4.78 is 11.8. The molecule has 0 saturated heterocycles. The third-order valence-electron chi connectivity index (χ3n) is 4.08. The van der Waals surface area contributed by atoms with Gasteiger partial charge in [-0.25, -0.2) is 0 Å². The largest absolute Gasteiger partial charge is 0.385 e. The Morgan fingerprint density at radius 2 is 1.21 bits per heavy atom. The Bertz CT molecular complexity index is 254. The highest BCUT2D eigenvalue weighted by Gasteiger charge is 2.15. The second-order valence-electron chi connectivity index (χ2n) is 8.00. The van der Waals surface area contributed by atoms with Gasteiger partial charge in [0.05, 0.1) is 41.0 Å². The van der Waals surface area contributed by atoms with Crippen LogP contribution in [0.4, 0.5) is 0 Å². The Morgan fingerprint density at radius 1 is 0.708 bits per heavy atom. The van der Waals surface area contributed by atoms with Gasteiger partial charge >= 0.3 is 0 Å². The Morgan fingerprint density at radius 3 is 1.75 bits per heavy atom. The molecule has 0 bridgehead atoms. The predicted molar refractivity (Wildman–Crippen MR) is 102 cm³/mol.